The van der Waals surface area contributed by atoms with Crippen LogP contribution < -0.4 is 0 Å². The monoisotopic (exact) mass is 647 g/mol. The Morgan fingerprint density at radius 2 is 1.56 bits per heavy atom. The number of carbonyl (C=O) groups excluding carboxylic acids is 2. The molecule has 3 rings (SSSR count). The van der Waals surface area contributed by atoms with Crippen LogP contribution in [0.15, 0.2) is 23.1 Å². The van der Waals surface area contributed by atoms with Crippen molar-refractivity contribution >= 4 is 21.9 Å². The summed E-state index contributed by atoms with van der Waals surface area (Å²) in [5, 5.41) is 0. The van der Waals surface area contributed by atoms with Gasteiger partial charge in [0.1, 0.15) is 6.61 Å². The molecule has 1 amide bonds. The first-order valence-electron chi connectivity index (χ1n) is 13.6. The summed E-state index contributed by atoms with van der Waals surface area (Å²) >= 11 is 0. The van der Waals surface area contributed by atoms with E-state index in [0.717, 1.165) is 44.8 Å². The number of hydrogen-bond acceptors (Lipinski definition) is 8. The van der Waals surface area contributed by atoms with Gasteiger partial charge in [0.05, 0.1) is 30.2 Å². The summed E-state index contributed by atoms with van der Waals surface area (Å²) in [5.41, 5.74) is -1.76. The second-order valence-electron chi connectivity index (χ2n) is 10.6. The first-order valence-corrected chi connectivity index (χ1v) is 15.0. The Balaban J connectivity index is 1.65. The number of benzene rings is 1. The number of hydroxylamine groups is 1. The minimum absolute atomic E-state index is 0.0650. The van der Waals surface area contributed by atoms with Gasteiger partial charge < -0.3 is 24.1 Å². The Morgan fingerprint density at radius 3 is 2.09 bits per heavy atom. The van der Waals surface area contributed by atoms with Crippen LogP contribution in [0.25, 0.3) is 0 Å². The zero-order valence-electron chi connectivity index (χ0n) is 23.7. The van der Waals surface area contributed by atoms with Gasteiger partial charge in [0.15, 0.2) is 0 Å². The van der Waals surface area contributed by atoms with Crippen LogP contribution in [-0.2, 0) is 46.7 Å². The van der Waals surface area contributed by atoms with Crippen LogP contribution in [-0.4, -0.2) is 101 Å². The first-order chi connectivity index (χ1) is 20.0. The standard InChI is InChI=1S/C26H35F6N3O7S/c1-33-9-5-19(6-10-33)20-7-11-34(12-8-20)23(36)17-41-14-13-35(42-24(37)26(30,31)32)43(38,39)22-4-3-18(16-40-2)15-21(22)25(27,28)29/h3-4,15,19-20H,5-14,16-17H2,1-2H3. The van der Waals surface area contributed by atoms with E-state index in [1.54, 1.807) is 4.90 Å². The van der Waals surface area contributed by atoms with E-state index < -0.39 is 68.9 Å². The molecule has 1 aromatic rings. The maximum absolute atomic E-state index is 13.8. The predicted molar refractivity (Wildman–Crippen MR) is 139 cm³/mol. The lowest BCUT2D eigenvalue weighted by molar-refractivity contribution is -0.223. The molecule has 0 saturated carbocycles. The van der Waals surface area contributed by atoms with Crippen LogP contribution in [0.2, 0.25) is 0 Å². The molecule has 10 nitrogen and oxygen atoms in total. The summed E-state index contributed by atoms with van der Waals surface area (Å²) in [5.74, 6) is -2.32. The molecule has 0 radical (unpaired) electrons. The van der Waals surface area contributed by atoms with Gasteiger partial charge in [-0.05, 0) is 79.8 Å². The number of amides is 1. The summed E-state index contributed by atoms with van der Waals surface area (Å²) < 4.78 is 116. The van der Waals surface area contributed by atoms with Crippen molar-refractivity contribution in [1.82, 2.24) is 14.3 Å². The molecule has 0 atom stereocenters. The van der Waals surface area contributed by atoms with E-state index in [-0.39, 0.29) is 12.2 Å². The molecular weight excluding hydrogens is 612 g/mol. The molecule has 2 heterocycles. The molecule has 17 heteroatoms. The van der Waals surface area contributed by atoms with Crippen LogP contribution in [0.3, 0.4) is 0 Å². The lowest BCUT2D eigenvalue weighted by atomic mass is 9.79. The molecule has 2 saturated heterocycles. The second kappa shape index (κ2) is 14.5. The van der Waals surface area contributed by atoms with E-state index >= 15 is 0 Å². The summed E-state index contributed by atoms with van der Waals surface area (Å²) in [4.78, 5) is 30.5. The Labute approximate surface area is 245 Å². The van der Waals surface area contributed by atoms with E-state index in [9.17, 15) is 44.3 Å². The fraction of sp³-hybridized carbons (Fsp3) is 0.692. The van der Waals surface area contributed by atoms with Gasteiger partial charge in [-0.3, -0.25) is 4.79 Å². The van der Waals surface area contributed by atoms with Crippen LogP contribution >= 0.6 is 0 Å². The topological polar surface area (TPSA) is 106 Å². The molecule has 2 aliphatic rings. The van der Waals surface area contributed by atoms with Crippen LogP contribution in [0, 0.1) is 11.8 Å². The summed E-state index contributed by atoms with van der Waals surface area (Å²) in [6, 6.07) is 1.96. The fourth-order valence-electron chi connectivity index (χ4n) is 5.26. The number of methoxy groups -OCH3 is 1. The highest BCUT2D eigenvalue weighted by Crippen LogP contribution is 2.37. The average Bonchev–Trinajstić information content (AvgIpc) is 2.94. The van der Waals surface area contributed by atoms with Crippen molar-refractivity contribution in [1.29, 1.82) is 0 Å². The van der Waals surface area contributed by atoms with Gasteiger partial charge in [0.25, 0.3) is 10.0 Å². The van der Waals surface area contributed by atoms with Crippen LogP contribution in [0.5, 0.6) is 0 Å². The Bertz CT molecular complexity index is 1210. The smallest absolute Gasteiger partial charge is 0.380 e. The number of piperidine rings is 2. The first kappa shape index (κ1) is 35.0. The third-order valence-corrected chi connectivity index (χ3v) is 9.29. The fourth-order valence-corrected chi connectivity index (χ4v) is 6.65. The van der Waals surface area contributed by atoms with Gasteiger partial charge in [0, 0.05) is 20.2 Å². The molecule has 0 bridgehead atoms. The molecule has 1 aromatic carbocycles. The number of rotatable bonds is 11. The number of likely N-dealkylation sites (tertiary alicyclic amines) is 2. The average molecular weight is 648 g/mol. The van der Waals surface area contributed by atoms with Crippen molar-refractivity contribution in [3.63, 3.8) is 0 Å². The van der Waals surface area contributed by atoms with E-state index in [1.165, 1.54) is 7.11 Å². The molecule has 0 N–H and O–H groups in total. The van der Waals surface area contributed by atoms with E-state index in [1.807, 2.05) is 0 Å². The molecule has 2 aliphatic heterocycles. The van der Waals surface area contributed by atoms with E-state index in [0.29, 0.717) is 37.1 Å². The Hall–Kier alpha value is -2.47. The van der Waals surface area contributed by atoms with Gasteiger partial charge in [-0.2, -0.15) is 26.3 Å². The Morgan fingerprint density at radius 1 is 0.977 bits per heavy atom. The highest BCUT2D eigenvalue weighted by molar-refractivity contribution is 7.89. The highest BCUT2D eigenvalue weighted by Gasteiger charge is 2.46. The minimum Gasteiger partial charge on any atom is -0.380 e. The second-order valence-corrected chi connectivity index (χ2v) is 12.4. The number of halogens is 6. The Kier molecular flexibility index (Phi) is 11.8. The quantitative estimate of drug-likeness (QED) is 0.204. The van der Waals surface area contributed by atoms with Gasteiger partial charge in [-0.15, -0.1) is 0 Å². The third kappa shape index (κ3) is 9.51. The lowest BCUT2D eigenvalue weighted by Gasteiger charge is -2.39. The number of hydrogen-bond donors (Lipinski definition) is 0. The summed E-state index contributed by atoms with van der Waals surface area (Å²) in [6.07, 6.45) is -7.08. The van der Waals surface area contributed by atoms with Crippen molar-refractivity contribution in [2.24, 2.45) is 11.8 Å². The van der Waals surface area contributed by atoms with Crippen LogP contribution in [0.1, 0.15) is 36.8 Å². The van der Waals surface area contributed by atoms with E-state index in [2.05, 4.69) is 16.8 Å². The maximum Gasteiger partial charge on any atom is 0.492 e. The summed E-state index contributed by atoms with van der Waals surface area (Å²) in [6.45, 7) is 0.286. The van der Waals surface area contributed by atoms with Crippen molar-refractivity contribution in [2.45, 2.75) is 49.5 Å². The van der Waals surface area contributed by atoms with Gasteiger partial charge in [-0.1, -0.05) is 6.07 Å². The van der Waals surface area contributed by atoms with E-state index in [4.69, 9.17) is 9.47 Å². The number of nitrogens with zero attached hydrogens (tertiary/aromatic N) is 3. The number of carbonyl (C=O) groups is 2. The largest absolute Gasteiger partial charge is 0.492 e. The molecular formula is C26H35F6N3O7S. The molecule has 244 valence electrons. The molecule has 2 fully saturated rings. The normalized spacial score (nSPS) is 18.3. The molecule has 0 unspecified atom stereocenters. The maximum atomic E-state index is 13.8. The minimum atomic E-state index is -5.65. The van der Waals surface area contributed by atoms with Gasteiger partial charge in [0.2, 0.25) is 5.91 Å². The highest BCUT2D eigenvalue weighted by atomic mass is 32.2. The zero-order chi connectivity index (χ0) is 32.0. The molecule has 0 spiro atoms. The van der Waals surface area contributed by atoms with Crippen molar-refractivity contribution in [3.8, 4) is 0 Å². The van der Waals surface area contributed by atoms with Crippen molar-refractivity contribution in [2.75, 3.05) is 60.1 Å². The molecule has 43 heavy (non-hydrogen) atoms. The number of alkyl halides is 6. The lowest BCUT2D eigenvalue weighted by Crippen LogP contribution is -2.44. The SMILES string of the molecule is COCc1ccc(S(=O)(=O)N(CCOCC(=O)N2CCC(C3CCN(C)CC3)CC2)OC(=O)C(F)(F)F)c(C(F)(F)F)c1. The van der Waals surface area contributed by atoms with Crippen molar-refractivity contribution in [3.05, 3.63) is 29.3 Å². The number of ether oxygens (including phenoxy) is 2. The predicted octanol–water partition coefficient (Wildman–Crippen LogP) is 3.46. The third-order valence-electron chi connectivity index (χ3n) is 7.59. The number of sulfonamides is 1. The van der Waals surface area contributed by atoms with Crippen molar-refractivity contribution < 1.29 is 58.7 Å². The molecule has 0 aliphatic carbocycles. The molecule has 0 aromatic heterocycles. The zero-order valence-corrected chi connectivity index (χ0v) is 24.6. The van der Waals surface area contributed by atoms with Gasteiger partial charge >= 0.3 is 18.3 Å². The summed E-state index contributed by atoms with van der Waals surface area (Å²) in [7, 11) is -2.22. The van der Waals surface area contributed by atoms with Crippen LogP contribution in [0.4, 0.5) is 26.3 Å². The van der Waals surface area contributed by atoms with Gasteiger partial charge in [-0.25, -0.2) is 13.2 Å².